The predicted molar refractivity (Wildman–Crippen MR) is 77.4 cm³/mol. The number of thiocarbonyl (C=S) groups is 1. The summed E-state index contributed by atoms with van der Waals surface area (Å²) in [6.07, 6.45) is 4.41. The molecule has 0 saturated heterocycles. The van der Waals surface area contributed by atoms with Crippen LogP contribution in [0.1, 0.15) is 19.3 Å². The summed E-state index contributed by atoms with van der Waals surface area (Å²) in [6, 6.07) is 10.8. The Bertz CT molecular complexity index is 457. The van der Waals surface area contributed by atoms with Crippen molar-refractivity contribution in [2.75, 3.05) is 5.32 Å². The number of hydrogen-bond donors (Lipinski definition) is 2. The van der Waals surface area contributed by atoms with Crippen LogP contribution in [-0.2, 0) is 0 Å². The minimum Gasteiger partial charge on any atom is -0.359 e. The molecule has 2 nitrogen and oxygen atoms in total. The average molecular weight is 258 g/mol. The zero-order valence-corrected chi connectivity index (χ0v) is 11.1. The van der Waals surface area contributed by atoms with E-state index in [4.69, 9.17) is 12.2 Å². The van der Waals surface area contributed by atoms with Crippen LogP contribution in [0.15, 0.2) is 30.3 Å². The first-order valence-electron chi connectivity index (χ1n) is 6.95. The van der Waals surface area contributed by atoms with Gasteiger partial charge >= 0.3 is 0 Å². The van der Waals surface area contributed by atoms with E-state index in [9.17, 15) is 0 Å². The number of rotatable bonds is 2. The lowest BCUT2D eigenvalue weighted by atomic mass is 10.0. The zero-order valence-electron chi connectivity index (χ0n) is 10.3. The van der Waals surface area contributed by atoms with Crippen LogP contribution >= 0.6 is 12.2 Å². The van der Waals surface area contributed by atoms with Gasteiger partial charge in [0, 0.05) is 11.7 Å². The van der Waals surface area contributed by atoms with E-state index in [-0.39, 0.29) is 0 Å². The summed E-state index contributed by atoms with van der Waals surface area (Å²) in [5.74, 6) is 3.85. The second-order valence-corrected chi connectivity index (χ2v) is 6.39. The summed E-state index contributed by atoms with van der Waals surface area (Å²) in [4.78, 5) is 0. The fourth-order valence-electron chi connectivity index (χ4n) is 4.36. The Kier molecular flexibility index (Phi) is 2.37. The predicted octanol–water partition coefficient (Wildman–Crippen LogP) is 3.02. The Morgan fingerprint density at radius 3 is 2.39 bits per heavy atom. The molecule has 1 aromatic carbocycles. The molecular formula is C15H18N2S. The molecule has 94 valence electrons. The zero-order chi connectivity index (χ0) is 12.1. The fourth-order valence-corrected chi connectivity index (χ4v) is 4.61. The fraction of sp³-hybridized carbons (Fsp3) is 0.533. The van der Waals surface area contributed by atoms with Crippen molar-refractivity contribution in [3.63, 3.8) is 0 Å². The smallest absolute Gasteiger partial charge is 0.171 e. The van der Waals surface area contributed by atoms with Crippen molar-refractivity contribution in [2.45, 2.75) is 25.3 Å². The third-order valence-electron chi connectivity index (χ3n) is 5.06. The molecule has 3 saturated carbocycles. The van der Waals surface area contributed by atoms with E-state index < -0.39 is 0 Å². The van der Waals surface area contributed by atoms with E-state index in [1.165, 1.54) is 19.3 Å². The van der Waals surface area contributed by atoms with Crippen LogP contribution < -0.4 is 10.6 Å². The first-order chi connectivity index (χ1) is 8.83. The standard InChI is InChI=1S/C15H18N2S/c18-15(16-11-4-2-1-3-5-11)17-14-12-9-6-7-10(8-9)13(12)14/h1-5,9-10,12-14H,6-8H2,(H2,16,17,18). The van der Waals surface area contributed by atoms with Gasteiger partial charge in [0.1, 0.15) is 0 Å². The largest absolute Gasteiger partial charge is 0.359 e. The van der Waals surface area contributed by atoms with E-state index in [0.717, 1.165) is 34.5 Å². The van der Waals surface area contributed by atoms with Crippen LogP contribution in [0.3, 0.4) is 0 Å². The topological polar surface area (TPSA) is 24.1 Å². The summed E-state index contributed by atoms with van der Waals surface area (Å²) in [5, 5.41) is 7.59. The highest BCUT2D eigenvalue weighted by Gasteiger charge is 2.65. The maximum absolute atomic E-state index is 5.41. The van der Waals surface area contributed by atoms with Gasteiger partial charge in [0.2, 0.25) is 0 Å². The van der Waals surface area contributed by atoms with E-state index >= 15 is 0 Å². The third kappa shape index (κ3) is 1.64. The van der Waals surface area contributed by atoms with Crippen molar-refractivity contribution in [1.82, 2.24) is 5.32 Å². The van der Waals surface area contributed by atoms with Gasteiger partial charge < -0.3 is 10.6 Å². The molecule has 3 heteroatoms. The molecule has 3 aliphatic rings. The maximum atomic E-state index is 5.41. The van der Waals surface area contributed by atoms with Crippen LogP contribution in [-0.4, -0.2) is 11.2 Å². The van der Waals surface area contributed by atoms with Crippen LogP contribution in [0.2, 0.25) is 0 Å². The van der Waals surface area contributed by atoms with Crippen molar-refractivity contribution >= 4 is 23.0 Å². The van der Waals surface area contributed by atoms with Gasteiger partial charge in [0.05, 0.1) is 0 Å². The van der Waals surface area contributed by atoms with Gasteiger partial charge in [-0.2, -0.15) is 0 Å². The molecule has 0 amide bonds. The Morgan fingerprint density at radius 1 is 1.06 bits per heavy atom. The molecule has 2 N–H and O–H groups in total. The summed E-state index contributed by atoms with van der Waals surface area (Å²) >= 11 is 5.41. The first kappa shape index (κ1) is 10.8. The molecule has 18 heavy (non-hydrogen) atoms. The van der Waals surface area contributed by atoms with Gasteiger partial charge in [-0.15, -0.1) is 0 Å². The molecule has 1 aromatic rings. The van der Waals surface area contributed by atoms with E-state index in [1.807, 2.05) is 30.3 Å². The van der Waals surface area contributed by atoms with Gasteiger partial charge in [-0.1, -0.05) is 18.2 Å². The molecule has 4 atom stereocenters. The van der Waals surface area contributed by atoms with E-state index in [1.54, 1.807) is 0 Å². The highest BCUT2D eigenvalue weighted by Crippen LogP contribution is 2.65. The highest BCUT2D eigenvalue weighted by atomic mass is 32.1. The number of benzene rings is 1. The Labute approximate surface area is 113 Å². The molecule has 2 bridgehead atoms. The highest BCUT2D eigenvalue weighted by molar-refractivity contribution is 7.80. The monoisotopic (exact) mass is 258 g/mol. The molecular weight excluding hydrogens is 240 g/mol. The lowest BCUT2D eigenvalue weighted by Crippen LogP contribution is -2.33. The van der Waals surface area contributed by atoms with Crippen molar-refractivity contribution in [1.29, 1.82) is 0 Å². The second kappa shape index (κ2) is 3.95. The number of hydrogen-bond acceptors (Lipinski definition) is 1. The summed E-state index contributed by atoms with van der Waals surface area (Å²) in [7, 11) is 0. The van der Waals surface area contributed by atoms with Crippen LogP contribution in [0, 0.1) is 23.7 Å². The lowest BCUT2D eigenvalue weighted by molar-refractivity contribution is 0.456. The van der Waals surface area contributed by atoms with Crippen LogP contribution in [0.4, 0.5) is 5.69 Å². The van der Waals surface area contributed by atoms with Crippen molar-refractivity contribution < 1.29 is 0 Å². The molecule has 0 aliphatic heterocycles. The van der Waals surface area contributed by atoms with Crippen molar-refractivity contribution in [2.24, 2.45) is 23.7 Å². The maximum Gasteiger partial charge on any atom is 0.171 e. The molecule has 4 unspecified atom stereocenters. The molecule has 3 fully saturated rings. The summed E-state index contributed by atoms with van der Waals surface area (Å²) in [5.41, 5.74) is 1.07. The molecule has 4 rings (SSSR count). The SMILES string of the molecule is S=C(Nc1ccccc1)NC1C2C3CCC(C3)C12. The van der Waals surface area contributed by atoms with E-state index in [2.05, 4.69) is 10.6 Å². The number of fused-ring (bicyclic) bond motifs is 5. The van der Waals surface area contributed by atoms with Crippen LogP contribution in [0.5, 0.6) is 0 Å². The first-order valence-corrected chi connectivity index (χ1v) is 7.36. The van der Waals surface area contributed by atoms with Gasteiger partial charge in [-0.3, -0.25) is 0 Å². The number of anilines is 1. The van der Waals surface area contributed by atoms with E-state index in [0.29, 0.717) is 6.04 Å². The molecule has 0 aromatic heterocycles. The lowest BCUT2D eigenvalue weighted by Gasteiger charge is -2.13. The van der Waals surface area contributed by atoms with Gasteiger partial charge in [-0.05, 0) is 67.3 Å². The van der Waals surface area contributed by atoms with Gasteiger partial charge in [0.15, 0.2) is 5.11 Å². The Hall–Kier alpha value is -1.09. The second-order valence-electron chi connectivity index (χ2n) is 5.98. The molecule has 0 heterocycles. The number of nitrogens with one attached hydrogen (secondary N) is 2. The number of para-hydroxylation sites is 1. The normalized spacial score (nSPS) is 39.2. The van der Waals surface area contributed by atoms with Crippen molar-refractivity contribution in [3.8, 4) is 0 Å². The quantitative estimate of drug-likeness (QED) is 0.797. The molecule has 0 spiro atoms. The van der Waals surface area contributed by atoms with Gasteiger partial charge in [0.25, 0.3) is 0 Å². The average Bonchev–Trinajstić information content (AvgIpc) is 2.79. The summed E-state index contributed by atoms with van der Waals surface area (Å²) < 4.78 is 0. The molecule has 0 radical (unpaired) electrons. The van der Waals surface area contributed by atoms with Crippen LogP contribution in [0.25, 0.3) is 0 Å². The summed E-state index contributed by atoms with van der Waals surface area (Å²) in [6.45, 7) is 0. The Morgan fingerprint density at radius 2 is 1.72 bits per heavy atom. The van der Waals surface area contributed by atoms with Gasteiger partial charge in [-0.25, -0.2) is 0 Å². The minimum absolute atomic E-state index is 0.667. The minimum atomic E-state index is 0.667. The Balaban J connectivity index is 1.35. The third-order valence-corrected chi connectivity index (χ3v) is 5.28. The van der Waals surface area contributed by atoms with Crippen molar-refractivity contribution in [3.05, 3.63) is 30.3 Å². The molecule has 3 aliphatic carbocycles.